The van der Waals surface area contributed by atoms with E-state index in [1.54, 1.807) is 5.57 Å². The van der Waals surface area contributed by atoms with E-state index in [1.165, 1.54) is 25.7 Å². The van der Waals surface area contributed by atoms with Crippen molar-refractivity contribution in [3.63, 3.8) is 0 Å². The van der Waals surface area contributed by atoms with E-state index in [4.69, 9.17) is 0 Å². The lowest BCUT2D eigenvalue weighted by Crippen LogP contribution is -2.18. The van der Waals surface area contributed by atoms with E-state index in [-0.39, 0.29) is 0 Å². The average Bonchev–Trinajstić information content (AvgIpc) is 2.55. The van der Waals surface area contributed by atoms with Crippen LogP contribution in [0.25, 0.3) is 0 Å². The third-order valence-corrected chi connectivity index (χ3v) is 5.91. The van der Waals surface area contributed by atoms with Crippen LogP contribution in [0.2, 0.25) is 0 Å². The fourth-order valence-electron chi connectivity index (χ4n) is 4.93. The van der Waals surface area contributed by atoms with Gasteiger partial charge in [0.15, 0.2) is 0 Å². The molecule has 0 saturated heterocycles. The van der Waals surface area contributed by atoms with Crippen LogP contribution in [0.1, 0.15) is 46.5 Å². The monoisotopic (exact) mass is 204 g/mol. The molecule has 0 heterocycles. The first kappa shape index (κ1) is 9.93. The largest absolute Gasteiger partial charge is 0.0996 e. The van der Waals surface area contributed by atoms with Crippen LogP contribution >= 0.6 is 0 Å². The zero-order valence-electron chi connectivity index (χ0n) is 10.4. The Balaban J connectivity index is 1.93. The van der Waals surface area contributed by atoms with E-state index in [0.29, 0.717) is 5.41 Å². The fourth-order valence-corrected chi connectivity index (χ4v) is 4.93. The molecule has 3 aliphatic rings. The molecule has 0 bridgehead atoms. The van der Waals surface area contributed by atoms with Crippen molar-refractivity contribution in [1.82, 2.24) is 0 Å². The highest BCUT2D eigenvalue weighted by molar-refractivity contribution is 5.20. The van der Waals surface area contributed by atoms with Crippen molar-refractivity contribution in [3.8, 4) is 0 Å². The maximum absolute atomic E-state index is 4.35. The lowest BCUT2D eigenvalue weighted by Gasteiger charge is -2.25. The quantitative estimate of drug-likeness (QED) is 0.517. The van der Waals surface area contributed by atoms with Crippen LogP contribution in [-0.2, 0) is 0 Å². The van der Waals surface area contributed by atoms with Gasteiger partial charge in [0.25, 0.3) is 0 Å². The van der Waals surface area contributed by atoms with E-state index in [0.717, 1.165) is 29.6 Å². The molecule has 0 aliphatic heterocycles. The van der Waals surface area contributed by atoms with Crippen molar-refractivity contribution in [2.45, 2.75) is 46.5 Å². The first-order valence-electron chi connectivity index (χ1n) is 6.71. The SMILES string of the molecule is C=C1CC[C@@H]2[C@H]([C@@H]3[C@H](C)CC[C@@H]13)C2(C)C. The molecule has 3 fully saturated rings. The molecule has 5 atom stereocenters. The molecule has 0 N–H and O–H groups in total. The van der Waals surface area contributed by atoms with Gasteiger partial charge in [0.05, 0.1) is 0 Å². The predicted molar refractivity (Wildman–Crippen MR) is 64.5 cm³/mol. The summed E-state index contributed by atoms with van der Waals surface area (Å²) in [6.45, 7) is 11.8. The number of fused-ring (bicyclic) bond motifs is 3. The van der Waals surface area contributed by atoms with E-state index in [2.05, 4.69) is 27.4 Å². The van der Waals surface area contributed by atoms with Gasteiger partial charge >= 0.3 is 0 Å². The molecule has 0 aromatic rings. The highest BCUT2D eigenvalue weighted by Gasteiger charge is 2.64. The second-order valence-electron chi connectivity index (χ2n) is 6.89. The highest BCUT2D eigenvalue weighted by atomic mass is 14.7. The van der Waals surface area contributed by atoms with Gasteiger partial charge in [-0.25, -0.2) is 0 Å². The Morgan fingerprint density at radius 3 is 2.67 bits per heavy atom. The topological polar surface area (TPSA) is 0 Å². The Kier molecular flexibility index (Phi) is 1.92. The molecule has 0 aromatic carbocycles. The van der Waals surface area contributed by atoms with Gasteiger partial charge in [0.1, 0.15) is 0 Å². The van der Waals surface area contributed by atoms with Gasteiger partial charge in [-0.15, -0.1) is 0 Å². The Hall–Kier alpha value is -0.260. The fraction of sp³-hybridized carbons (Fsp3) is 0.867. The molecule has 0 amide bonds. The summed E-state index contributed by atoms with van der Waals surface area (Å²) < 4.78 is 0. The minimum atomic E-state index is 0.655. The summed E-state index contributed by atoms with van der Waals surface area (Å²) in [5, 5.41) is 0. The van der Waals surface area contributed by atoms with E-state index >= 15 is 0 Å². The normalized spacial score (nSPS) is 51.9. The smallest absolute Gasteiger partial charge is 0.0172 e. The molecule has 84 valence electrons. The third kappa shape index (κ3) is 1.20. The van der Waals surface area contributed by atoms with Crippen LogP contribution in [0.4, 0.5) is 0 Å². The summed E-state index contributed by atoms with van der Waals surface area (Å²) >= 11 is 0. The minimum Gasteiger partial charge on any atom is -0.0996 e. The highest BCUT2D eigenvalue weighted by Crippen LogP contribution is 2.70. The zero-order valence-corrected chi connectivity index (χ0v) is 10.4. The summed E-state index contributed by atoms with van der Waals surface area (Å²) in [5.41, 5.74) is 2.25. The molecule has 0 spiro atoms. The van der Waals surface area contributed by atoms with Crippen molar-refractivity contribution in [3.05, 3.63) is 12.2 Å². The second kappa shape index (κ2) is 2.90. The summed E-state index contributed by atoms with van der Waals surface area (Å²) in [4.78, 5) is 0. The summed E-state index contributed by atoms with van der Waals surface area (Å²) in [6.07, 6.45) is 5.63. The minimum absolute atomic E-state index is 0.655. The molecule has 0 nitrogen and oxygen atoms in total. The Morgan fingerprint density at radius 2 is 1.93 bits per heavy atom. The molecule has 0 radical (unpaired) electrons. The van der Waals surface area contributed by atoms with Crippen molar-refractivity contribution < 1.29 is 0 Å². The first-order valence-corrected chi connectivity index (χ1v) is 6.71. The first-order chi connectivity index (χ1) is 7.03. The number of rotatable bonds is 0. The zero-order chi connectivity index (χ0) is 10.8. The van der Waals surface area contributed by atoms with Crippen molar-refractivity contribution in [1.29, 1.82) is 0 Å². The molecule has 15 heavy (non-hydrogen) atoms. The molecule has 3 aliphatic carbocycles. The van der Waals surface area contributed by atoms with Crippen LogP contribution in [0.15, 0.2) is 12.2 Å². The van der Waals surface area contributed by atoms with Crippen molar-refractivity contribution in [2.75, 3.05) is 0 Å². The number of hydrogen-bond acceptors (Lipinski definition) is 0. The summed E-state index contributed by atoms with van der Waals surface area (Å²) in [7, 11) is 0. The van der Waals surface area contributed by atoms with Crippen molar-refractivity contribution in [2.24, 2.45) is 35.0 Å². The van der Waals surface area contributed by atoms with Gasteiger partial charge < -0.3 is 0 Å². The Labute approximate surface area is 94.1 Å². The van der Waals surface area contributed by atoms with Crippen LogP contribution < -0.4 is 0 Å². The second-order valence-corrected chi connectivity index (χ2v) is 6.89. The van der Waals surface area contributed by atoms with Crippen LogP contribution in [-0.4, -0.2) is 0 Å². The number of hydrogen-bond donors (Lipinski definition) is 0. The Morgan fingerprint density at radius 1 is 1.20 bits per heavy atom. The van der Waals surface area contributed by atoms with Gasteiger partial charge in [-0.2, -0.15) is 0 Å². The molecular formula is C15H24. The van der Waals surface area contributed by atoms with Crippen LogP contribution in [0, 0.1) is 35.0 Å². The summed E-state index contributed by atoms with van der Waals surface area (Å²) in [6, 6.07) is 0. The Bertz CT molecular complexity index is 299. The van der Waals surface area contributed by atoms with Gasteiger partial charge in [-0.1, -0.05) is 32.9 Å². The summed E-state index contributed by atoms with van der Waals surface area (Å²) in [5.74, 6) is 4.87. The van der Waals surface area contributed by atoms with E-state index < -0.39 is 0 Å². The van der Waals surface area contributed by atoms with Crippen LogP contribution in [0.5, 0.6) is 0 Å². The predicted octanol–water partition coefficient (Wildman–Crippen LogP) is 4.27. The maximum Gasteiger partial charge on any atom is -0.0172 e. The molecule has 0 heteroatoms. The van der Waals surface area contributed by atoms with Gasteiger partial charge in [0, 0.05) is 0 Å². The average molecular weight is 204 g/mol. The van der Waals surface area contributed by atoms with Gasteiger partial charge in [-0.05, 0) is 60.7 Å². The van der Waals surface area contributed by atoms with Crippen LogP contribution in [0.3, 0.4) is 0 Å². The number of allylic oxidation sites excluding steroid dienone is 1. The third-order valence-electron chi connectivity index (χ3n) is 5.91. The molecule has 3 rings (SSSR count). The van der Waals surface area contributed by atoms with E-state index in [1.807, 2.05) is 0 Å². The molecule has 0 aromatic heterocycles. The standard InChI is InChI=1S/C15H24/c1-9-6-8-12-14(15(12,3)4)13-10(2)5-7-11(9)13/h10-14H,1,5-8H2,2-4H3/t10-,11+,12-,13-,14-/m1/s1. The lowest BCUT2D eigenvalue weighted by molar-refractivity contribution is 0.280. The lowest BCUT2D eigenvalue weighted by atomic mass is 9.80. The van der Waals surface area contributed by atoms with Gasteiger partial charge in [-0.3, -0.25) is 0 Å². The van der Waals surface area contributed by atoms with Crippen molar-refractivity contribution >= 4 is 0 Å². The molecule has 0 unspecified atom stereocenters. The maximum atomic E-state index is 4.35. The molecule has 3 saturated carbocycles. The molecular weight excluding hydrogens is 180 g/mol. The van der Waals surface area contributed by atoms with Gasteiger partial charge in [0.2, 0.25) is 0 Å². The van der Waals surface area contributed by atoms with E-state index in [9.17, 15) is 0 Å².